The van der Waals surface area contributed by atoms with Crippen molar-refractivity contribution in [3.63, 3.8) is 0 Å². The molecule has 58 valence electrons. The molecule has 0 aromatic heterocycles. The maximum absolute atomic E-state index is 11.7. The smallest absolute Gasteiger partial charge is 0.261 e. The van der Waals surface area contributed by atoms with Crippen molar-refractivity contribution in [2.24, 2.45) is 5.92 Å². The van der Waals surface area contributed by atoms with Gasteiger partial charge in [-0.05, 0) is 12.3 Å². The maximum Gasteiger partial charge on any atom is 0.301 e. The van der Waals surface area contributed by atoms with Gasteiger partial charge in [0.1, 0.15) is 0 Å². The number of carbonyl (C=O) groups is 1. The molecule has 0 bridgehead atoms. The van der Waals surface area contributed by atoms with E-state index in [0.717, 1.165) is 6.42 Å². The largest absolute Gasteiger partial charge is 0.301 e. The molecule has 1 aliphatic carbocycles. The minimum Gasteiger partial charge on any atom is -0.261 e. The Kier molecular flexibility index (Phi) is 2.84. The predicted octanol–water partition coefficient (Wildman–Crippen LogP) is 2.45. The first-order chi connectivity index (χ1) is 4.79. The zero-order valence-corrected chi connectivity index (χ0v) is 6.11. The van der Waals surface area contributed by atoms with E-state index in [9.17, 15) is 9.18 Å². The van der Waals surface area contributed by atoms with E-state index in [0.29, 0.717) is 5.92 Å². The van der Waals surface area contributed by atoms with Crippen LogP contribution >= 0.6 is 0 Å². The van der Waals surface area contributed by atoms with Crippen LogP contribution in [0.4, 0.5) is 4.39 Å². The van der Waals surface area contributed by atoms with Crippen LogP contribution in [0.3, 0.4) is 0 Å². The second kappa shape index (κ2) is 3.69. The fourth-order valence-corrected chi connectivity index (χ4v) is 1.62. The lowest BCUT2D eigenvalue weighted by atomic mass is 10.0. The van der Waals surface area contributed by atoms with Crippen LogP contribution in [0.15, 0.2) is 0 Å². The lowest BCUT2D eigenvalue weighted by molar-refractivity contribution is -0.129. The van der Waals surface area contributed by atoms with Gasteiger partial charge in [0.05, 0.1) is 0 Å². The third-order valence-electron chi connectivity index (χ3n) is 2.22. The van der Waals surface area contributed by atoms with Gasteiger partial charge in [-0.25, -0.2) is 0 Å². The van der Waals surface area contributed by atoms with Crippen molar-refractivity contribution in [3.8, 4) is 0 Å². The van der Waals surface area contributed by atoms with E-state index in [2.05, 4.69) is 0 Å². The zero-order chi connectivity index (χ0) is 7.40. The van der Waals surface area contributed by atoms with Gasteiger partial charge >= 0.3 is 6.04 Å². The number of hydrogen-bond acceptors (Lipinski definition) is 1. The molecular weight excluding hydrogens is 131 g/mol. The molecular formula is C8H13FO. The molecule has 0 spiro atoms. The monoisotopic (exact) mass is 144 g/mol. The molecule has 1 nitrogen and oxygen atoms in total. The summed E-state index contributed by atoms with van der Waals surface area (Å²) in [5, 5.41) is 0. The Morgan fingerprint density at radius 3 is 2.50 bits per heavy atom. The van der Waals surface area contributed by atoms with Crippen molar-refractivity contribution >= 4 is 6.04 Å². The lowest BCUT2D eigenvalue weighted by Gasteiger charge is -2.03. The van der Waals surface area contributed by atoms with Gasteiger partial charge in [0.2, 0.25) is 0 Å². The summed E-state index contributed by atoms with van der Waals surface area (Å²) in [5.74, 6) is 0.639. The third kappa shape index (κ3) is 2.46. The highest BCUT2D eigenvalue weighted by molar-refractivity contribution is 5.67. The van der Waals surface area contributed by atoms with Gasteiger partial charge in [-0.2, -0.15) is 4.39 Å². The first-order valence-electron chi connectivity index (χ1n) is 3.97. The van der Waals surface area contributed by atoms with Crippen molar-refractivity contribution < 1.29 is 9.18 Å². The van der Waals surface area contributed by atoms with Crippen LogP contribution in [0.1, 0.15) is 38.5 Å². The SMILES string of the molecule is O=C(F)CCC1CCCC1. The Balaban J connectivity index is 2.07. The summed E-state index contributed by atoms with van der Waals surface area (Å²) >= 11 is 0. The molecule has 0 atom stereocenters. The van der Waals surface area contributed by atoms with Gasteiger partial charge in [-0.15, -0.1) is 0 Å². The summed E-state index contributed by atoms with van der Waals surface area (Å²) in [4.78, 5) is 9.93. The highest BCUT2D eigenvalue weighted by Crippen LogP contribution is 2.28. The van der Waals surface area contributed by atoms with Gasteiger partial charge in [-0.3, -0.25) is 4.79 Å². The highest BCUT2D eigenvalue weighted by Gasteiger charge is 2.15. The molecule has 0 radical (unpaired) electrons. The Labute approximate surface area is 60.6 Å². The van der Waals surface area contributed by atoms with Crippen LogP contribution in [-0.4, -0.2) is 6.04 Å². The Morgan fingerprint density at radius 2 is 2.00 bits per heavy atom. The molecule has 0 heterocycles. The normalized spacial score (nSPS) is 19.7. The van der Waals surface area contributed by atoms with Gasteiger partial charge < -0.3 is 0 Å². The Bertz CT molecular complexity index is 116. The van der Waals surface area contributed by atoms with Gasteiger partial charge in [0.15, 0.2) is 0 Å². The molecule has 1 aliphatic rings. The molecule has 0 aliphatic heterocycles. The Morgan fingerprint density at radius 1 is 1.40 bits per heavy atom. The van der Waals surface area contributed by atoms with Crippen LogP contribution in [0.2, 0.25) is 0 Å². The fourth-order valence-electron chi connectivity index (χ4n) is 1.62. The quantitative estimate of drug-likeness (QED) is 0.556. The minimum absolute atomic E-state index is 0.144. The number of rotatable bonds is 3. The highest BCUT2D eigenvalue weighted by atomic mass is 19.1. The van der Waals surface area contributed by atoms with E-state index in [1.807, 2.05) is 0 Å². The molecule has 0 saturated heterocycles. The minimum atomic E-state index is -1.15. The van der Waals surface area contributed by atoms with E-state index in [-0.39, 0.29) is 6.42 Å². The summed E-state index contributed by atoms with van der Waals surface area (Å²) in [5.41, 5.74) is 0. The lowest BCUT2D eigenvalue weighted by Crippen LogP contribution is -1.96. The van der Waals surface area contributed by atoms with E-state index < -0.39 is 6.04 Å². The molecule has 0 N–H and O–H groups in total. The van der Waals surface area contributed by atoms with Crippen LogP contribution in [-0.2, 0) is 4.79 Å². The molecule has 1 rings (SSSR count). The molecule has 0 aromatic carbocycles. The molecule has 0 aromatic rings. The van der Waals surface area contributed by atoms with Crippen molar-refractivity contribution in [1.29, 1.82) is 0 Å². The summed E-state index contributed by atoms with van der Waals surface area (Å²) in [6.45, 7) is 0. The van der Waals surface area contributed by atoms with E-state index in [1.165, 1.54) is 25.7 Å². The summed E-state index contributed by atoms with van der Waals surface area (Å²) in [6, 6.07) is -1.15. The molecule has 10 heavy (non-hydrogen) atoms. The molecule has 0 unspecified atom stereocenters. The second-order valence-corrected chi connectivity index (χ2v) is 3.04. The van der Waals surface area contributed by atoms with Crippen molar-refractivity contribution in [2.75, 3.05) is 0 Å². The van der Waals surface area contributed by atoms with Crippen molar-refractivity contribution in [1.82, 2.24) is 0 Å². The number of hydrogen-bond donors (Lipinski definition) is 0. The zero-order valence-electron chi connectivity index (χ0n) is 6.11. The van der Waals surface area contributed by atoms with Gasteiger partial charge in [0.25, 0.3) is 0 Å². The second-order valence-electron chi connectivity index (χ2n) is 3.04. The third-order valence-corrected chi connectivity index (χ3v) is 2.22. The summed E-state index contributed by atoms with van der Waals surface area (Å²) in [7, 11) is 0. The Hall–Kier alpha value is -0.400. The predicted molar refractivity (Wildman–Crippen MR) is 37.3 cm³/mol. The molecule has 2 heteroatoms. The standard InChI is InChI=1S/C8H13FO/c9-8(10)6-5-7-3-1-2-4-7/h7H,1-6H2. The number of halogens is 1. The summed E-state index contributed by atoms with van der Waals surface area (Å²) < 4.78 is 11.7. The van der Waals surface area contributed by atoms with E-state index in [1.54, 1.807) is 0 Å². The van der Waals surface area contributed by atoms with Gasteiger partial charge in [-0.1, -0.05) is 25.7 Å². The van der Waals surface area contributed by atoms with Crippen LogP contribution in [0, 0.1) is 5.92 Å². The molecule has 1 fully saturated rings. The summed E-state index contributed by atoms with van der Waals surface area (Å²) in [6.07, 6.45) is 5.86. The van der Waals surface area contributed by atoms with Crippen LogP contribution < -0.4 is 0 Å². The first kappa shape index (κ1) is 7.70. The van der Waals surface area contributed by atoms with Crippen molar-refractivity contribution in [2.45, 2.75) is 38.5 Å². The maximum atomic E-state index is 11.7. The first-order valence-corrected chi connectivity index (χ1v) is 3.97. The van der Waals surface area contributed by atoms with Gasteiger partial charge in [0, 0.05) is 6.42 Å². The molecule has 1 saturated carbocycles. The van der Waals surface area contributed by atoms with Crippen LogP contribution in [0.25, 0.3) is 0 Å². The topological polar surface area (TPSA) is 17.1 Å². The fraction of sp³-hybridized carbons (Fsp3) is 0.875. The van der Waals surface area contributed by atoms with E-state index in [4.69, 9.17) is 0 Å². The number of carbonyl (C=O) groups excluding carboxylic acids is 1. The average molecular weight is 144 g/mol. The van der Waals surface area contributed by atoms with Crippen LogP contribution in [0.5, 0.6) is 0 Å². The average Bonchev–Trinajstić information content (AvgIpc) is 2.34. The van der Waals surface area contributed by atoms with Crippen molar-refractivity contribution in [3.05, 3.63) is 0 Å². The molecule has 0 amide bonds. The van der Waals surface area contributed by atoms with E-state index >= 15 is 0 Å².